The van der Waals surface area contributed by atoms with Crippen molar-refractivity contribution >= 4 is 17.7 Å². The molecule has 1 heterocycles. The summed E-state index contributed by atoms with van der Waals surface area (Å²) in [5.74, 6) is -1.41. The van der Waals surface area contributed by atoms with Crippen LogP contribution >= 0.6 is 11.8 Å². The smallest absolute Gasteiger partial charge is 0.338 e. The molecule has 0 fully saturated rings. The third-order valence-electron chi connectivity index (χ3n) is 2.29. The summed E-state index contributed by atoms with van der Waals surface area (Å²) in [6, 6.07) is 9.68. The molecule has 0 aliphatic rings. The predicted octanol–water partition coefficient (Wildman–Crippen LogP) is 3.21. The molecule has 1 aromatic carbocycles. The largest absolute Gasteiger partial charge is 0.478 e. The highest BCUT2D eigenvalue weighted by molar-refractivity contribution is 7.98. The van der Waals surface area contributed by atoms with Crippen LogP contribution in [0.3, 0.4) is 0 Å². The molecule has 2 rings (SSSR count). The van der Waals surface area contributed by atoms with Crippen LogP contribution in [0.15, 0.2) is 47.6 Å². The second-order valence-corrected chi connectivity index (χ2v) is 4.57. The Labute approximate surface area is 108 Å². The number of carboxylic acid groups (broad SMARTS) is 1. The Morgan fingerprint density at radius 1 is 1.33 bits per heavy atom. The van der Waals surface area contributed by atoms with Gasteiger partial charge in [-0.25, -0.2) is 14.2 Å². The molecule has 0 spiro atoms. The maximum atomic E-state index is 13.2. The maximum absolute atomic E-state index is 13.2. The highest BCUT2D eigenvalue weighted by Crippen LogP contribution is 2.21. The van der Waals surface area contributed by atoms with Crippen LogP contribution in [0.25, 0.3) is 0 Å². The third kappa shape index (κ3) is 3.07. The van der Waals surface area contributed by atoms with Crippen LogP contribution < -0.4 is 0 Å². The zero-order chi connectivity index (χ0) is 13.0. The Kier molecular flexibility index (Phi) is 3.94. The van der Waals surface area contributed by atoms with Crippen molar-refractivity contribution in [3.63, 3.8) is 0 Å². The van der Waals surface area contributed by atoms with E-state index < -0.39 is 11.8 Å². The molecular formula is C13H10FNO2S. The van der Waals surface area contributed by atoms with Gasteiger partial charge in [0.25, 0.3) is 0 Å². The number of nitrogens with zero attached hydrogens (tertiary/aromatic N) is 1. The van der Waals surface area contributed by atoms with Crippen LogP contribution in [-0.4, -0.2) is 16.1 Å². The number of hydrogen-bond donors (Lipinski definition) is 1. The number of halogens is 1. The van der Waals surface area contributed by atoms with Crippen molar-refractivity contribution in [3.8, 4) is 0 Å². The fraction of sp³-hybridized carbons (Fsp3) is 0.0769. The SMILES string of the molecule is O=C(O)c1cc(CSc2ccccn2)ccc1F. The Morgan fingerprint density at radius 3 is 2.83 bits per heavy atom. The van der Waals surface area contributed by atoms with Gasteiger partial charge in [-0.3, -0.25) is 0 Å². The van der Waals surface area contributed by atoms with Crippen LogP contribution in [0.2, 0.25) is 0 Å². The molecule has 0 radical (unpaired) electrons. The summed E-state index contributed by atoms with van der Waals surface area (Å²) in [6.07, 6.45) is 1.69. The Hall–Kier alpha value is -1.88. The average molecular weight is 263 g/mol. The molecule has 92 valence electrons. The Balaban J connectivity index is 2.11. The Morgan fingerprint density at radius 2 is 2.17 bits per heavy atom. The molecule has 0 amide bonds. The number of rotatable bonds is 4. The third-order valence-corrected chi connectivity index (χ3v) is 3.30. The summed E-state index contributed by atoms with van der Waals surface area (Å²) < 4.78 is 13.2. The fourth-order valence-corrected chi connectivity index (χ4v) is 2.22. The molecule has 1 N–H and O–H groups in total. The van der Waals surface area contributed by atoms with Gasteiger partial charge in [0, 0.05) is 11.9 Å². The van der Waals surface area contributed by atoms with E-state index in [-0.39, 0.29) is 5.56 Å². The molecule has 0 aliphatic carbocycles. The lowest BCUT2D eigenvalue weighted by molar-refractivity contribution is 0.0692. The molecule has 3 nitrogen and oxygen atoms in total. The van der Waals surface area contributed by atoms with Crippen LogP contribution in [0.1, 0.15) is 15.9 Å². The van der Waals surface area contributed by atoms with Crippen molar-refractivity contribution in [1.82, 2.24) is 4.98 Å². The zero-order valence-corrected chi connectivity index (χ0v) is 10.2. The molecule has 0 atom stereocenters. The number of hydrogen-bond acceptors (Lipinski definition) is 3. The highest BCUT2D eigenvalue weighted by atomic mass is 32.2. The minimum Gasteiger partial charge on any atom is -0.478 e. The number of aromatic carboxylic acids is 1. The molecule has 1 aromatic heterocycles. The van der Waals surface area contributed by atoms with Crippen molar-refractivity contribution in [2.24, 2.45) is 0 Å². The molecule has 2 aromatic rings. The normalized spacial score (nSPS) is 10.3. The fourth-order valence-electron chi connectivity index (χ4n) is 1.42. The van der Waals surface area contributed by atoms with E-state index in [2.05, 4.69) is 4.98 Å². The number of carboxylic acids is 1. The van der Waals surface area contributed by atoms with E-state index in [9.17, 15) is 9.18 Å². The molecule has 0 unspecified atom stereocenters. The summed E-state index contributed by atoms with van der Waals surface area (Å²) in [5, 5.41) is 9.66. The van der Waals surface area contributed by atoms with Gasteiger partial charge in [0.2, 0.25) is 0 Å². The summed E-state index contributed by atoms with van der Waals surface area (Å²) in [6.45, 7) is 0. The summed E-state index contributed by atoms with van der Waals surface area (Å²) in [7, 11) is 0. The monoisotopic (exact) mass is 263 g/mol. The van der Waals surface area contributed by atoms with Gasteiger partial charge in [-0.2, -0.15) is 0 Å². The first-order valence-corrected chi connectivity index (χ1v) is 6.21. The van der Waals surface area contributed by atoms with E-state index in [0.29, 0.717) is 5.75 Å². The van der Waals surface area contributed by atoms with E-state index in [1.165, 1.54) is 23.9 Å². The van der Waals surface area contributed by atoms with Crippen molar-refractivity contribution in [1.29, 1.82) is 0 Å². The van der Waals surface area contributed by atoms with Gasteiger partial charge >= 0.3 is 5.97 Å². The highest BCUT2D eigenvalue weighted by Gasteiger charge is 2.10. The molecule has 0 bridgehead atoms. The number of carbonyl (C=O) groups is 1. The van der Waals surface area contributed by atoms with Gasteiger partial charge in [-0.15, -0.1) is 11.8 Å². The zero-order valence-electron chi connectivity index (χ0n) is 9.34. The minimum atomic E-state index is -1.25. The number of pyridine rings is 1. The predicted molar refractivity (Wildman–Crippen MR) is 67.2 cm³/mol. The van der Waals surface area contributed by atoms with Gasteiger partial charge in [0.1, 0.15) is 5.82 Å². The quantitative estimate of drug-likeness (QED) is 0.860. The van der Waals surface area contributed by atoms with Crippen LogP contribution in [0, 0.1) is 5.82 Å². The van der Waals surface area contributed by atoms with Gasteiger partial charge in [0.05, 0.1) is 10.6 Å². The van der Waals surface area contributed by atoms with Crippen LogP contribution in [0.4, 0.5) is 4.39 Å². The first-order valence-electron chi connectivity index (χ1n) is 5.22. The van der Waals surface area contributed by atoms with Crippen LogP contribution in [-0.2, 0) is 5.75 Å². The van der Waals surface area contributed by atoms with E-state index >= 15 is 0 Å². The van der Waals surface area contributed by atoms with E-state index in [0.717, 1.165) is 10.6 Å². The summed E-state index contributed by atoms with van der Waals surface area (Å²) in [4.78, 5) is 14.9. The molecule has 5 heteroatoms. The van der Waals surface area contributed by atoms with Crippen molar-refractivity contribution < 1.29 is 14.3 Å². The summed E-state index contributed by atoms with van der Waals surface area (Å²) in [5.41, 5.74) is 0.457. The first-order chi connectivity index (χ1) is 8.66. The molecule has 0 saturated carbocycles. The topological polar surface area (TPSA) is 50.2 Å². The lowest BCUT2D eigenvalue weighted by Gasteiger charge is -2.03. The van der Waals surface area contributed by atoms with E-state index in [1.807, 2.05) is 18.2 Å². The number of aromatic nitrogens is 1. The number of thioether (sulfide) groups is 1. The average Bonchev–Trinajstić information content (AvgIpc) is 2.38. The molecular weight excluding hydrogens is 253 g/mol. The number of benzene rings is 1. The lowest BCUT2D eigenvalue weighted by atomic mass is 10.1. The van der Waals surface area contributed by atoms with Crippen molar-refractivity contribution in [2.45, 2.75) is 10.8 Å². The minimum absolute atomic E-state index is 0.297. The first kappa shape index (κ1) is 12.6. The van der Waals surface area contributed by atoms with Gasteiger partial charge in [-0.05, 0) is 29.8 Å². The van der Waals surface area contributed by atoms with Crippen molar-refractivity contribution in [2.75, 3.05) is 0 Å². The molecule has 0 aliphatic heterocycles. The van der Waals surface area contributed by atoms with Gasteiger partial charge < -0.3 is 5.11 Å². The second-order valence-electron chi connectivity index (χ2n) is 3.58. The Bertz CT molecular complexity index is 560. The van der Waals surface area contributed by atoms with E-state index in [4.69, 9.17) is 5.11 Å². The van der Waals surface area contributed by atoms with Crippen molar-refractivity contribution in [3.05, 3.63) is 59.5 Å². The second kappa shape index (κ2) is 5.64. The van der Waals surface area contributed by atoms with Gasteiger partial charge in [-0.1, -0.05) is 12.1 Å². The molecule has 18 heavy (non-hydrogen) atoms. The maximum Gasteiger partial charge on any atom is 0.338 e. The standard InChI is InChI=1S/C13H10FNO2S/c14-11-5-4-9(7-10(11)13(16)17)8-18-12-3-1-2-6-15-12/h1-7H,8H2,(H,16,17). The lowest BCUT2D eigenvalue weighted by Crippen LogP contribution is -2.01. The van der Waals surface area contributed by atoms with Crippen LogP contribution in [0.5, 0.6) is 0 Å². The van der Waals surface area contributed by atoms with E-state index in [1.54, 1.807) is 12.3 Å². The van der Waals surface area contributed by atoms with Gasteiger partial charge in [0.15, 0.2) is 0 Å². The summed E-state index contributed by atoms with van der Waals surface area (Å²) >= 11 is 1.47. The molecule has 0 saturated heterocycles.